The average molecular weight is 356 g/mol. The van der Waals surface area contributed by atoms with Gasteiger partial charge in [-0.25, -0.2) is 0 Å². The van der Waals surface area contributed by atoms with Crippen LogP contribution in [0.3, 0.4) is 0 Å². The minimum Gasteiger partial charge on any atom is -0.484 e. The van der Waals surface area contributed by atoms with Crippen LogP contribution in [0.4, 0.5) is 5.69 Å². The van der Waals surface area contributed by atoms with Gasteiger partial charge in [-0.2, -0.15) is 0 Å². The summed E-state index contributed by atoms with van der Waals surface area (Å²) in [6, 6.07) is 9.88. The van der Waals surface area contributed by atoms with Crippen molar-refractivity contribution in [3.05, 3.63) is 46.2 Å². The molecule has 0 aliphatic carbocycles. The Morgan fingerprint density at radius 1 is 1.32 bits per heavy atom. The van der Waals surface area contributed by atoms with Crippen LogP contribution in [0.5, 0.6) is 5.75 Å². The number of fused-ring (bicyclic) bond motifs is 1. The average Bonchev–Trinajstić information content (AvgIpc) is 3.30. The topological polar surface area (TPSA) is 58.6 Å². The summed E-state index contributed by atoms with van der Waals surface area (Å²) < 4.78 is 5.74. The minimum absolute atomic E-state index is 0.0296. The predicted molar refractivity (Wildman–Crippen MR) is 96.9 cm³/mol. The molecule has 2 aliphatic rings. The Bertz CT molecular complexity index is 788. The molecule has 1 N–H and O–H groups in total. The first-order valence-corrected chi connectivity index (χ1v) is 9.47. The maximum atomic E-state index is 12.6. The Balaban J connectivity index is 1.39. The Labute approximate surface area is 150 Å². The molecule has 6 heteroatoms. The van der Waals surface area contributed by atoms with Gasteiger partial charge in [-0.05, 0) is 54.5 Å². The van der Waals surface area contributed by atoms with Gasteiger partial charge in [0.25, 0.3) is 5.91 Å². The molecule has 1 atom stereocenters. The zero-order valence-electron chi connectivity index (χ0n) is 13.9. The second kappa shape index (κ2) is 6.88. The van der Waals surface area contributed by atoms with Crippen LogP contribution >= 0.6 is 11.3 Å². The van der Waals surface area contributed by atoms with Crippen molar-refractivity contribution in [3.8, 4) is 5.75 Å². The summed E-state index contributed by atoms with van der Waals surface area (Å²) >= 11 is 1.70. The van der Waals surface area contributed by atoms with E-state index in [0.29, 0.717) is 18.6 Å². The second-order valence-corrected chi connectivity index (χ2v) is 7.40. The fraction of sp³-hybridized carbons (Fsp3) is 0.368. The lowest BCUT2D eigenvalue weighted by Crippen LogP contribution is -2.34. The van der Waals surface area contributed by atoms with Crippen LogP contribution in [0.1, 0.15) is 35.7 Å². The number of nitrogens with zero attached hydrogens (tertiary/aromatic N) is 1. The fourth-order valence-corrected chi connectivity index (χ4v) is 4.39. The molecule has 1 saturated heterocycles. The van der Waals surface area contributed by atoms with Crippen molar-refractivity contribution >= 4 is 28.8 Å². The zero-order valence-corrected chi connectivity index (χ0v) is 14.7. The maximum Gasteiger partial charge on any atom is 0.261 e. The molecule has 1 fully saturated rings. The van der Waals surface area contributed by atoms with E-state index in [2.05, 4.69) is 16.8 Å². The number of amides is 2. The highest BCUT2D eigenvalue weighted by atomic mass is 32.1. The van der Waals surface area contributed by atoms with E-state index in [0.717, 1.165) is 30.6 Å². The quantitative estimate of drug-likeness (QED) is 0.914. The highest BCUT2D eigenvalue weighted by Gasteiger charge is 2.30. The summed E-state index contributed by atoms with van der Waals surface area (Å²) in [6.45, 7) is 0.841. The number of anilines is 1. The van der Waals surface area contributed by atoms with E-state index in [-0.39, 0.29) is 24.5 Å². The third kappa shape index (κ3) is 3.39. The number of aryl methyl sites for hydroxylation is 1. The Hall–Kier alpha value is -2.34. The van der Waals surface area contributed by atoms with Crippen LogP contribution in [0.2, 0.25) is 0 Å². The van der Waals surface area contributed by atoms with Gasteiger partial charge in [-0.15, -0.1) is 11.3 Å². The lowest BCUT2D eigenvalue weighted by atomic mass is 10.0. The fourth-order valence-electron chi connectivity index (χ4n) is 3.52. The summed E-state index contributed by atoms with van der Waals surface area (Å²) in [5.74, 6) is 0.752. The first-order chi connectivity index (χ1) is 12.2. The molecule has 4 rings (SSSR count). The minimum atomic E-state index is 0.0296. The molecule has 2 aromatic rings. The molecule has 0 unspecified atom stereocenters. The predicted octanol–water partition coefficient (Wildman–Crippen LogP) is 3.38. The molecule has 0 bridgehead atoms. The van der Waals surface area contributed by atoms with E-state index in [9.17, 15) is 9.59 Å². The Morgan fingerprint density at radius 2 is 2.24 bits per heavy atom. The SMILES string of the molecule is O=C1CCc2cc(OCC(=O)N3CCC[C@H]3c3cccs3)ccc2N1. The van der Waals surface area contributed by atoms with Gasteiger partial charge in [0.15, 0.2) is 6.61 Å². The molecule has 0 saturated carbocycles. The number of hydrogen-bond acceptors (Lipinski definition) is 4. The molecular formula is C19H20N2O3S. The van der Waals surface area contributed by atoms with Crippen molar-refractivity contribution in [2.75, 3.05) is 18.5 Å². The summed E-state index contributed by atoms with van der Waals surface area (Å²) in [6.07, 6.45) is 3.25. The standard InChI is InChI=1S/C19H20N2O3S/c22-18-8-5-13-11-14(6-7-15(13)20-18)24-12-19(23)21-9-1-3-16(21)17-4-2-10-25-17/h2,4,6-7,10-11,16H,1,3,5,8-9,12H2,(H,20,22)/t16-/m0/s1. The highest BCUT2D eigenvalue weighted by Crippen LogP contribution is 2.34. The van der Waals surface area contributed by atoms with E-state index in [1.165, 1.54) is 4.88 Å². The van der Waals surface area contributed by atoms with Gasteiger partial charge in [-0.1, -0.05) is 6.07 Å². The lowest BCUT2D eigenvalue weighted by Gasteiger charge is -2.24. The van der Waals surface area contributed by atoms with Crippen molar-refractivity contribution in [2.45, 2.75) is 31.7 Å². The van der Waals surface area contributed by atoms with Gasteiger partial charge in [0.2, 0.25) is 5.91 Å². The van der Waals surface area contributed by atoms with Gasteiger partial charge in [0.05, 0.1) is 6.04 Å². The van der Waals surface area contributed by atoms with Crippen LogP contribution in [0.15, 0.2) is 35.7 Å². The van der Waals surface area contributed by atoms with Crippen LogP contribution in [0, 0.1) is 0 Å². The summed E-state index contributed by atoms with van der Waals surface area (Å²) in [5, 5.41) is 4.90. The molecule has 130 valence electrons. The third-order valence-corrected chi connectivity index (χ3v) is 5.75. The van der Waals surface area contributed by atoms with E-state index in [4.69, 9.17) is 4.74 Å². The van der Waals surface area contributed by atoms with Crippen molar-refractivity contribution in [2.24, 2.45) is 0 Å². The van der Waals surface area contributed by atoms with Gasteiger partial charge in [0.1, 0.15) is 5.75 Å². The highest BCUT2D eigenvalue weighted by molar-refractivity contribution is 7.10. The molecule has 0 radical (unpaired) electrons. The van der Waals surface area contributed by atoms with Crippen molar-refractivity contribution in [3.63, 3.8) is 0 Å². The Kier molecular flexibility index (Phi) is 4.44. The Morgan fingerprint density at radius 3 is 3.08 bits per heavy atom. The number of rotatable bonds is 4. The summed E-state index contributed by atoms with van der Waals surface area (Å²) in [5.41, 5.74) is 1.90. The van der Waals surface area contributed by atoms with E-state index in [1.807, 2.05) is 23.1 Å². The van der Waals surface area contributed by atoms with Gasteiger partial charge in [0, 0.05) is 23.5 Å². The van der Waals surface area contributed by atoms with Crippen molar-refractivity contribution in [1.82, 2.24) is 4.90 Å². The van der Waals surface area contributed by atoms with Crippen LogP contribution in [-0.4, -0.2) is 29.9 Å². The molecule has 5 nitrogen and oxygen atoms in total. The second-order valence-electron chi connectivity index (χ2n) is 6.42. The molecule has 0 spiro atoms. The number of likely N-dealkylation sites (tertiary alicyclic amines) is 1. The largest absolute Gasteiger partial charge is 0.484 e. The van der Waals surface area contributed by atoms with E-state index in [1.54, 1.807) is 17.4 Å². The number of ether oxygens (including phenoxy) is 1. The number of carbonyl (C=O) groups is 2. The number of benzene rings is 1. The number of carbonyl (C=O) groups excluding carboxylic acids is 2. The smallest absolute Gasteiger partial charge is 0.261 e. The summed E-state index contributed by atoms with van der Waals surface area (Å²) in [4.78, 5) is 27.2. The lowest BCUT2D eigenvalue weighted by molar-refractivity contribution is -0.134. The zero-order chi connectivity index (χ0) is 17.2. The molecule has 25 heavy (non-hydrogen) atoms. The molecule has 3 heterocycles. The molecule has 1 aromatic carbocycles. The maximum absolute atomic E-state index is 12.6. The molecular weight excluding hydrogens is 336 g/mol. The van der Waals surface area contributed by atoms with Gasteiger partial charge < -0.3 is 15.0 Å². The number of thiophene rings is 1. The molecule has 1 aromatic heterocycles. The van der Waals surface area contributed by atoms with Crippen LogP contribution in [0.25, 0.3) is 0 Å². The van der Waals surface area contributed by atoms with Crippen molar-refractivity contribution in [1.29, 1.82) is 0 Å². The molecule has 2 amide bonds. The first-order valence-electron chi connectivity index (χ1n) is 8.59. The number of hydrogen-bond donors (Lipinski definition) is 1. The van der Waals surface area contributed by atoms with E-state index < -0.39 is 0 Å². The number of nitrogens with one attached hydrogen (secondary N) is 1. The molecule has 2 aliphatic heterocycles. The van der Waals surface area contributed by atoms with E-state index >= 15 is 0 Å². The van der Waals surface area contributed by atoms with Gasteiger partial charge >= 0.3 is 0 Å². The van der Waals surface area contributed by atoms with Crippen LogP contribution < -0.4 is 10.1 Å². The monoisotopic (exact) mass is 356 g/mol. The van der Waals surface area contributed by atoms with Crippen molar-refractivity contribution < 1.29 is 14.3 Å². The first kappa shape index (κ1) is 16.1. The van der Waals surface area contributed by atoms with Gasteiger partial charge in [-0.3, -0.25) is 9.59 Å². The van der Waals surface area contributed by atoms with Crippen LogP contribution in [-0.2, 0) is 16.0 Å². The normalized spacial score (nSPS) is 19.4. The summed E-state index contributed by atoms with van der Waals surface area (Å²) in [7, 11) is 0. The third-order valence-electron chi connectivity index (χ3n) is 4.78.